The third-order valence-electron chi connectivity index (χ3n) is 13.4. The summed E-state index contributed by atoms with van der Waals surface area (Å²) in [5.41, 5.74) is -4.26. The molecule has 5 aliphatic rings. The largest absolute Gasteiger partial charge is 0.494 e. The van der Waals surface area contributed by atoms with Crippen molar-refractivity contribution in [2.45, 2.75) is 133 Å². The predicted molar refractivity (Wildman–Crippen MR) is 210 cm³/mol. The molecular weight excluding hydrogens is 1000 g/mol. The number of halogens is 10. The summed E-state index contributed by atoms with van der Waals surface area (Å²) < 4.78 is 162. The molecule has 3 aliphatic carbocycles. The number of hydrogen-bond acceptors (Lipinski definition) is 9. The Morgan fingerprint density at radius 1 is 0.937 bits per heavy atom. The number of amides is 3. The van der Waals surface area contributed by atoms with Gasteiger partial charge < -0.3 is 31.8 Å². The van der Waals surface area contributed by atoms with Gasteiger partial charge in [0.05, 0.1) is 31.8 Å². The maximum absolute atomic E-state index is 13.5. The van der Waals surface area contributed by atoms with Gasteiger partial charge in [0, 0.05) is 26.1 Å². The summed E-state index contributed by atoms with van der Waals surface area (Å²) in [7, 11) is -4.86. The number of unbranched alkanes of at least 4 members (excludes halogenated alkanes) is 1. The number of phosphoric acid groups is 1. The van der Waals surface area contributed by atoms with Crippen molar-refractivity contribution in [3.8, 4) is 5.75 Å². The first-order chi connectivity index (χ1) is 29.3. The number of hydrogen-bond donors (Lipinski definition) is 2. The number of carbonyl (C=O) groups is 2. The Balaban J connectivity index is 0.966. The molecule has 6 rings (SSSR count). The standard InChI is InChI=1S/C39H51F9IN2O11P/c1-22-20-51(32-19-29(62-63(54,55)56)30(61-32)21-60-49)34(53)50(33(22)52)14-3-4-15-57-24-7-9-25-23(18-24)6-8-27-26(25)12-13-35(2)28(27)10-11-31(35)58-16-5-17-59-36(37(40,41)42,38(43,44)45)39(46,47)48/h7,9,18,22,26-32H,3-6,8,10-17,19-21H2,1-2H3,(H2,54,55,56)/t22?,26?,27?,28?,29?,30-,31?,32-,35?/m1/s1. The first-order valence-corrected chi connectivity index (χ1v) is 23.2. The number of ether oxygens (including phenoxy) is 4. The van der Waals surface area contributed by atoms with Crippen LogP contribution in [-0.2, 0) is 37.6 Å². The number of rotatable bonds is 17. The second-order valence-corrected chi connectivity index (χ2v) is 19.1. The summed E-state index contributed by atoms with van der Waals surface area (Å²) in [6.07, 6.45) is -18.5. The number of nitrogens with zero attached hydrogens (tertiary/aromatic N) is 2. The van der Waals surface area contributed by atoms with Crippen molar-refractivity contribution in [1.82, 2.24) is 9.80 Å². The van der Waals surface area contributed by atoms with E-state index in [1.165, 1.54) is 10.5 Å². The molecule has 24 heteroatoms. The van der Waals surface area contributed by atoms with Crippen LogP contribution in [-0.4, -0.2) is 120 Å². The molecule has 0 bridgehead atoms. The minimum Gasteiger partial charge on any atom is -0.494 e. The first kappa shape index (κ1) is 50.4. The molecule has 2 saturated carbocycles. The van der Waals surface area contributed by atoms with Gasteiger partial charge in [-0.2, -0.15) is 39.5 Å². The summed E-state index contributed by atoms with van der Waals surface area (Å²) in [6, 6.07) is 5.41. The van der Waals surface area contributed by atoms with Crippen LogP contribution in [0.5, 0.6) is 5.75 Å². The van der Waals surface area contributed by atoms with Crippen LogP contribution in [0.25, 0.3) is 0 Å². The molecule has 1 aromatic rings. The second kappa shape index (κ2) is 19.3. The summed E-state index contributed by atoms with van der Waals surface area (Å²) in [6.45, 7) is 2.38. The van der Waals surface area contributed by atoms with Gasteiger partial charge in [-0.15, -0.1) is 0 Å². The summed E-state index contributed by atoms with van der Waals surface area (Å²) >= 11 is 1.62. The van der Waals surface area contributed by atoms with Gasteiger partial charge in [0.15, 0.2) is 0 Å². The van der Waals surface area contributed by atoms with Crippen LogP contribution in [0.2, 0.25) is 0 Å². The molecule has 1 aromatic carbocycles. The molecule has 7 unspecified atom stereocenters. The van der Waals surface area contributed by atoms with Gasteiger partial charge in [0.1, 0.15) is 47.2 Å². The van der Waals surface area contributed by atoms with Crippen molar-refractivity contribution in [3.63, 3.8) is 0 Å². The van der Waals surface area contributed by atoms with E-state index < -0.39 is 75.4 Å². The third-order valence-corrected chi connectivity index (χ3v) is 14.3. The lowest BCUT2D eigenvalue weighted by Crippen LogP contribution is -2.67. The van der Waals surface area contributed by atoms with E-state index in [1.54, 1.807) is 29.9 Å². The maximum atomic E-state index is 13.5. The molecule has 4 fully saturated rings. The monoisotopic (exact) mass is 1050 g/mol. The van der Waals surface area contributed by atoms with Crippen LogP contribution in [0.3, 0.4) is 0 Å². The zero-order valence-electron chi connectivity index (χ0n) is 34.4. The zero-order chi connectivity index (χ0) is 46.3. The summed E-state index contributed by atoms with van der Waals surface area (Å²) in [5, 5.41) is 0. The van der Waals surface area contributed by atoms with E-state index >= 15 is 0 Å². The molecule has 0 radical (unpaired) electrons. The average molecular weight is 1050 g/mol. The number of phosphoric ester groups is 1. The highest BCUT2D eigenvalue weighted by atomic mass is 127. The molecule has 2 N–H and O–H groups in total. The Labute approximate surface area is 371 Å². The normalized spacial score (nSPS) is 30.7. The lowest BCUT2D eigenvalue weighted by molar-refractivity contribution is -0.457. The lowest BCUT2D eigenvalue weighted by atomic mass is 9.55. The molecule has 2 heterocycles. The van der Waals surface area contributed by atoms with Gasteiger partial charge in [-0.1, -0.05) is 19.9 Å². The Bertz CT molecular complexity index is 1800. The Morgan fingerprint density at radius 2 is 1.63 bits per heavy atom. The number of fused-ring (bicyclic) bond motifs is 5. The molecule has 358 valence electrons. The van der Waals surface area contributed by atoms with Crippen LogP contribution in [0, 0.1) is 23.2 Å². The predicted octanol–water partition coefficient (Wildman–Crippen LogP) is 8.78. The van der Waals surface area contributed by atoms with E-state index in [1.807, 2.05) is 12.1 Å². The molecule has 3 amide bonds. The van der Waals surface area contributed by atoms with E-state index in [-0.39, 0.29) is 62.0 Å². The highest BCUT2D eigenvalue weighted by molar-refractivity contribution is 14.1. The zero-order valence-corrected chi connectivity index (χ0v) is 37.4. The molecule has 63 heavy (non-hydrogen) atoms. The van der Waals surface area contributed by atoms with Gasteiger partial charge in [-0.25, -0.2) is 9.36 Å². The van der Waals surface area contributed by atoms with Gasteiger partial charge >= 0.3 is 38.0 Å². The molecule has 9 atom stereocenters. The SMILES string of the molecule is CC1CN([C@H]2CC(OP(=O)(O)O)[C@@H](COI)O2)C(=O)N(CCCCOc2ccc3c(c2)CCC2C3CCC3(C)C(OCCCOC(C(F)(F)F)(C(F)(F)F)C(F)(F)F)CCC23)C1=O. The minimum atomic E-state index is -6.78. The average Bonchev–Trinajstić information content (AvgIpc) is 3.72. The van der Waals surface area contributed by atoms with E-state index in [0.717, 1.165) is 42.6 Å². The van der Waals surface area contributed by atoms with Crippen LogP contribution in [0.1, 0.15) is 88.7 Å². The highest BCUT2D eigenvalue weighted by Crippen LogP contribution is 2.62. The molecule has 0 aromatic heterocycles. The second-order valence-electron chi connectivity index (χ2n) is 17.3. The fraction of sp³-hybridized carbons (Fsp3) is 0.795. The number of carbonyl (C=O) groups excluding carboxylic acids is 2. The van der Waals surface area contributed by atoms with Crippen molar-refractivity contribution in [1.29, 1.82) is 0 Å². The lowest BCUT2D eigenvalue weighted by Gasteiger charge is -2.50. The van der Waals surface area contributed by atoms with Gasteiger partial charge in [0.25, 0.3) is 0 Å². The molecule has 2 aliphatic heterocycles. The van der Waals surface area contributed by atoms with E-state index in [2.05, 4.69) is 17.7 Å². The summed E-state index contributed by atoms with van der Waals surface area (Å²) in [4.78, 5) is 47.8. The van der Waals surface area contributed by atoms with E-state index in [0.29, 0.717) is 37.5 Å². The molecule has 13 nitrogen and oxygen atoms in total. The van der Waals surface area contributed by atoms with Crippen molar-refractivity contribution in [3.05, 3.63) is 29.3 Å². The van der Waals surface area contributed by atoms with Crippen LogP contribution >= 0.6 is 30.8 Å². The Morgan fingerprint density at radius 3 is 2.29 bits per heavy atom. The van der Waals surface area contributed by atoms with Gasteiger partial charge in [-0.05, 0) is 104 Å². The molecular formula is C39H51F9IN2O11P. The van der Waals surface area contributed by atoms with E-state index in [4.69, 9.17) is 21.8 Å². The number of aryl methyl sites for hydroxylation is 1. The quantitative estimate of drug-likeness (QED) is 0.0667. The fourth-order valence-electron chi connectivity index (χ4n) is 10.5. The van der Waals surface area contributed by atoms with Crippen molar-refractivity contribution < 1.29 is 90.0 Å². The molecule has 2 saturated heterocycles. The van der Waals surface area contributed by atoms with Gasteiger partial charge in [0.2, 0.25) is 5.91 Å². The highest BCUT2D eigenvalue weighted by Gasteiger charge is 2.85. The Kier molecular flexibility index (Phi) is 15.5. The Hall–Kier alpha value is -1.99. The third kappa shape index (κ3) is 10.5. The number of benzene rings is 1. The maximum Gasteiger partial charge on any atom is 0.469 e. The first-order valence-electron chi connectivity index (χ1n) is 20.8. The number of urea groups is 1. The smallest absolute Gasteiger partial charge is 0.469 e. The summed E-state index contributed by atoms with van der Waals surface area (Å²) in [5.74, 6) is 0.552. The van der Waals surface area contributed by atoms with Crippen LogP contribution in [0.15, 0.2) is 18.2 Å². The number of alkyl halides is 9. The van der Waals surface area contributed by atoms with Crippen molar-refractivity contribution in [2.75, 3.05) is 39.5 Å². The van der Waals surface area contributed by atoms with E-state index in [9.17, 15) is 63.5 Å². The van der Waals surface area contributed by atoms with Crippen molar-refractivity contribution in [2.24, 2.45) is 23.2 Å². The van der Waals surface area contributed by atoms with Crippen molar-refractivity contribution >= 4 is 42.8 Å². The molecule has 0 spiro atoms. The topological polar surface area (TPSA) is 154 Å². The van der Waals surface area contributed by atoms with Crippen LogP contribution < -0.4 is 4.74 Å². The minimum absolute atomic E-state index is 0.0250. The number of imide groups is 1. The fourth-order valence-corrected chi connectivity index (χ4v) is 11.4. The van der Waals surface area contributed by atoms with Gasteiger partial charge in [-0.3, -0.25) is 19.1 Å². The van der Waals surface area contributed by atoms with Crippen LogP contribution in [0.4, 0.5) is 44.3 Å².